The summed E-state index contributed by atoms with van der Waals surface area (Å²) in [6.45, 7) is 5.46. The third-order valence-corrected chi connectivity index (χ3v) is 3.00. The SMILES string of the molecule is Cc1nc(-c2cncc(F)c2)cn1N(C)C(=O)C(C)C. The van der Waals surface area contributed by atoms with E-state index in [1.54, 1.807) is 31.0 Å². The van der Waals surface area contributed by atoms with Gasteiger partial charge in [0.25, 0.3) is 0 Å². The molecule has 2 aromatic rings. The fraction of sp³-hybridized carbons (Fsp3) is 0.357. The van der Waals surface area contributed by atoms with Crippen LogP contribution < -0.4 is 5.01 Å². The minimum atomic E-state index is -0.415. The number of hydrogen-bond donors (Lipinski definition) is 0. The summed E-state index contributed by atoms with van der Waals surface area (Å²) in [5.74, 6) is 0.109. The van der Waals surface area contributed by atoms with E-state index >= 15 is 0 Å². The molecule has 0 saturated heterocycles. The highest BCUT2D eigenvalue weighted by Gasteiger charge is 2.17. The molecule has 0 fully saturated rings. The Morgan fingerprint density at radius 2 is 2.10 bits per heavy atom. The van der Waals surface area contributed by atoms with Crippen LogP contribution in [0.15, 0.2) is 24.7 Å². The second-order valence-electron chi connectivity index (χ2n) is 4.93. The molecule has 20 heavy (non-hydrogen) atoms. The summed E-state index contributed by atoms with van der Waals surface area (Å²) >= 11 is 0. The van der Waals surface area contributed by atoms with Gasteiger partial charge in [-0.05, 0) is 13.0 Å². The Bertz CT molecular complexity index is 636. The minimum Gasteiger partial charge on any atom is -0.273 e. The highest BCUT2D eigenvalue weighted by atomic mass is 19.1. The Morgan fingerprint density at radius 1 is 1.40 bits per heavy atom. The number of rotatable bonds is 3. The number of halogens is 1. The van der Waals surface area contributed by atoms with Crippen molar-refractivity contribution >= 4 is 5.91 Å². The molecule has 0 aliphatic heterocycles. The summed E-state index contributed by atoms with van der Waals surface area (Å²) in [6.07, 6.45) is 4.38. The Labute approximate surface area is 117 Å². The van der Waals surface area contributed by atoms with Crippen molar-refractivity contribution in [2.24, 2.45) is 5.92 Å². The van der Waals surface area contributed by atoms with Gasteiger partial charge in [-0.15, -0.1) is 0 Å². The number of hydrogen-bond acceptors (Lipinski definition) is 3. The molecule has 5 nitrogen and oxygen atoms in total. The zero-order chi connectivity index (χ0) is 14.9. The second-order valence-corrected chi connectivity index (χ2v) is 4.93. The topological polar surface area (TPSA) is 51.0 Å². The number of amides is 1. The zero-order valence-corrected chi connectivity index (χ0v) is 12.0. The van der Waals surface area contributed by atoms with E-state index in [9.17, 15) is 9.18 Å². The predicted molar refractivity (Wildman–Crippen MR) is 74.1 cm³/mol. The van der Waals surface area contributed by atoms with Crippen LogP contribution in [0, 0.1) is 18.7 Å². The average molecular weight is 276 g/mol. The molecule has 0 radical (unpaired) electrons. The lowest BCUT2D eigenvalue weighted by Crippen LogP contribution is -2.39. The number of aromatic nitrogens is 3. The number of imidazole rings is 1. The molecule has 0 N–H and O–H groups in total. The van der Waals surface area contributed by atoms with E-state index in [-0.39, 0.29) is 11.8 Å². The van der Waals surface area contributed by atoms with Crippen molar-refractivity contribution < 1.29 is 9.18 Å². The maximum absolute atomic E-state index is 13.2. The van der Waals surface area contributed by atoms with Crippen molar-refractivity contribution in [3.05, 3.63) is 36.3 Å². The number of carbonyl (C=O) groups excluding carboxylic acids is 1. The van der Waals surface area contributed by atoms with Gasteiger partial charge in [0, 0.05) is 24.7 Å². The maximum atomic E-state index is 13.2. The van der Waals surface area contributed by atoms with Crippen LogP contribution in [-0.2, 0) is 4.79 Å². The third-order valence-electron chi connectivity index (χ3n) is 3.00. The monoisotopic (exact) mass is 276 g/mol. The van der Waals surface area contributed by atoms with Gasteiger partial charge in [-0.25, -0.2) is 14.1 Å². The van der Waals surface area contributed by atoms with Crippen LogP contribution in [0.1, 0.15) is 19.7 Å². The minimum absolute atomic E-state index is 0.0191. The molecular weight excluding hydrogens is 259 g/mol. The van der Waals surface area contributed by atoms with Gasteiger partial charge in [0.2, 0.25) is 5.91 Å². The van der Waals surface area contributed by atoms with E-state index in [0.717, 1.165) is 6.20 Å². The molecule has 2 aromatic heterocycles. The average Bonchev–Trinajstić information content (AvgIpc) is 2.79. The molecule has 0 bridgehead atoms. The Balaban J connectivity index is 2.37. The van der Waals surface area contributed by atoms with Crippen LogP contribution in [0.25, 0.3) is 11.3 Å². The number of aryl methyl sites for hydroxylation is 1. The van der Waals surface area contributed by atoms with Crippen molar-refractivity contribution in [3.8, 4) is 11.3 Å². The third kappa shape index (κ3) is 2.68. The highest BCUT2D eigenvalue weighted by Crippen LogP contribution is 2.18. The lowest BCUT2D eigenvalue weighted by molar-refractivity contribution is -0.122. The fourth-order valence-electron chi connectivity index (χ4n) is 1.94. The summed E-state index contributed by atoms with van der Waals surface area (Å²) in [5.41, 5.74) is 1.16. The number of pyridine rings is 1. The van der Waals surface area contributed by atoms with Crippen LogP contribution in [-0.4, -0.2) is 27.6 Å². The Kier molecular flexibility index (Phi) is 3.83. The van der Waals surface area contributed by atoms with Crippen molar-refractivity contribution in [2.45, 2.75) is 20.8 Å². The number of carbonyl (C=O) groups is 1. The van der Waals surface area contributed by atoms with Crippen molar-refractivity contribution in [3.63, 3.8) is 0 Å². The molecule has 0 aromatic carbocycles. The molecule has 0 unspecified atom stereocenters. The van der Waals surface area contributed by atoms with Crippen LogP contribution in [0.3, 0.4) is 0 Å². The van der Waals surface area contributed by atoms with Crippen LogP contribution in [0.4, 0.5) is 4.39 Å². The summed E-state index contributed by atoms with van der Waals surface area (Å²) in [5, 5.41) is 1.50. The largest absolute Gasteiger partial charge is 0.273 e. The van der Waals surface area contributed by atoms with Gasteiger partial charge in [0.05, 0.1) is 18.1 Å². The van der Waals surface area contributed by atoms with Crippen LogP contribution >= 0.6 is 0 Å². The van der Waals surface area contributed by atoms with Crippen molar-refractivity contribution in [2.75, 3.05) is 12.1 Å². The molecule has 0 aliphatic carbocycles. The van der Waals surface area contributed by atoms with Gasteiger partial charge < -0.3 is 0 Å². The second kappa shape index (κ2) is 5.40. The van der Waals surface area contributed by atoms with Gasteiger partial charge in [0.15, 0.2) is 0 Å². The lowest BCUT2D eigenvalue weighted by atomic mass is 10.2. The van der Waals surface area contributed by atoms with Crippen molar-refractivity contribution in [1.82, 2.24) is 14.6 Å². The molecule has 2 heterocycles. The molecule has 2 rings (SSSR count). The van der Waals surface area contributed by atoms with E-state index in [4.69, 9.17) is 0 Å². The van der Waals surface area contributed by atoms with Gasteiger partial charge >= 0.3 is 0 Å². The first-order valence-electron chi connectivity index (χ1n) is 6.35. The molecule has 0 atom stereocenters. The molecule has 6 heteroatoms. The van der Waals surface area contributed by atoms with Gasteiger partial charge in [-0.1, -0.05) is 13.8 Å². The van der Waals surface area contributed by atoms with Gasteiger partial charge in [0.1, 0.15) is 11.6 Å². The molecule has 1 amide bonds. The highest BCUT2D eigenvalue weighted by molar-refractivity contribution is 5.87. The smallest absolute Gasteiger partial charge is 0.243 e. The standard InChI is InChI=1S/C14H17FN4O/c1-9(2)14(20)18(4)19-8-13(17-10(19)3)11-5-12(15)7-16-6-11/h5-9H,1-4H3. The van der Waals surface area contributed by atoms with E-state index in [0.29, 0.717) is 17.1 Å². The van der Waals surface area contributed by atoms with Gasteiger partial charge in [-0.3, -0.25) is 14.8 Å². The summed E-state index contributed by atoms with van der Waals surface area (Å²) in [6, 6.07) is 1.36. The summed E-state index contributed by atoms with van der Waals surface area (Å²) in [7, 11) is 1.69. The van der Waals surface area contributed by atoms with Crippen molar-refractivity contribution in [1.29, 1.82) is 0 Å². The summed E-state index contributed by atoms with van der Waals surface area (Å²) in [4.78, 5) is 20.2. The quantitative estimate of drug-likeness (QED) is 0.863. The first-order valence-corrected chi connectivity index (χ1v) is 6.35. The molecule has 106 valence electrons. The van der Waals surface area contributed by atoms with E-state index in [1.807, 2.05) is 13.8 Å². The van der Waals surface area contributed by atoms with E-state index in [2.05, 4.69) is 9.97 Å². The van der Waals surface area contributed by atoms with E-state index in [1.165, 1.54) is 11.1 Å². The predicted octanol–water partition coefficient (Wildman–Crippen LogP) is 2.14. The van der Waals surface area contributed by atoms with Gasteiger partial charge in [-0.2, -0.15) is 0 Å². The molecular formula is C14H17FN4O. The molecule has 0 saturated carbocycles. The maximum Gasteiger partial charge on any atom is 0.243 e. The zero-order valence-electron chi connectivity index (χ0n) is 12.0. The van der Waals surface area contributed by atoms with E-state index < -0.39 is 5.82 Å². The summed E-state index contributed by atoms with van der Waals surface area (Å²) < 4.78 is 14.8. The Hall–Kier alpha value is -2.24. The normalized spacial score (nSPS) is 10.9. The van der Waals surface area contributed by atoms with Crippen LogP contribution in [0.2, 0.25) is 0 Å². The molecule has 0 aliphatic rings. The fourth-order valence-corrected chi connectivity index (χ4v) is 1.94. The Morgan fingerprint density at radius 3 is 2.70 bits per heavy atom. The first kappa shape index (κ1) is 14.2. The first-order chi connectivity index (χ1) is 9.40. The molecule has 0 spiro atoms. The van der Waals surface area contributed by atoms with Crippen LogP contribution in [0.5, 0.6) is 0 Å². The number of nitrogens with zero attached hydrogens (tertiary/aromatic N) is 4. The lowest BCUT2D eigenvalue weighted by Gasteiger charge is -2.21.